The zero-order valence-electron chi connectivity index (χ0n) is 17.5. The predicted molar refractivity (Wildman–Crippen MR) is 133 cm³/mol. The predicted octanol–water partition coefficient (Wildman–Crippen LogP) is 6.20. The van der Waals surface area contributed by atoms with Crippen molar-refractivity contribution in [3.8, 4) is 6.07 Å². The molecule has 5 nitrogen and oxygen atoms in total. The Morgan fingerprint density at radius 2 is 1.76 bits per heavy atom. The van der Waals surface area contributed by atoms with Crippen LogP contribution in [0.2, 0.25) is 10.0 Å². The van der Waals surface area contributed by atoms with Gasteiger partial charge in [0.2, 0.25) is 5.91 Å². The van der Waals surface area contributed by atoms with E-state index in [2.05, 4.69) is 5.32 Å². The Bertz CT molecular complexity index is 1320. The van der Waals surface area contributed by atoms with Crippen LogP contribution in [0.1, 0.15) is 5.56 Å². The molecule has 1 N–H and O–H groups in total. The zero-order chi connectivity index (χ0) is 24.2. The second kappa shape index (κ2) is 10.3. The fourth-order valence-corrected chi connectivity index (χ4v) is 5.06. The van der Waals surface area contributed by atoms with Crippen LogP contribution in [0, 0.1) is 17.1 Å². The summed E-state index contributed by atoms with van der Waals surface area (Å²) >= 11 is 13.2. The van der Waals surface area contributed by atoms with Crippen molar-refractivity contribution in [1.29, 1.82) is 5.26 Å². The van der Waals surface area contributed by atoms with Gasteiger partial charge in [-0.25, -0.2) is 4.39 Å². The van der Waals surface area contributed by atoms with Crippen molar-refractivity contribution in [1.82, 2.24) is 0 Å². The van der Waals surface area contributed by atoms with E-state index in [1.807, 2.05) is 12.1 Å². The number of carbonyl (C=O) groups excluding carboxylic acids is 2. The topological polar surface area (TPSA) is 73.2 Å². The van der Waals surface area contributed by atoms with Crippen LogP contribution in [0.3, 0.4) is 0 Å². The van der Waals surface area contributed by atoms with Gasteiger partial charge in [0, 0.05) is 21.4 Å². The Morgan fingerprint density at radius 1 is 1.06 bits per heavy atom. The van der Waals surface area contributed by atoms with Gasteiger partial charge < -0.3 is 5.32 Å². The van der Waals surface area contributed by atoms with Crippen LogP contribution in [-0.2, 0) is 16.0 Å². The van der Waals surface area contributed by atoms with Gasteiger partial charge in [0.05, 0.1) is 5.25 Å². The number of amides is 2. The van der Waals surface area contributed by atoms with Gasteiger partial charge in [0.15, 0.2) is 0 Å². The summed E-state index contributed by atoms with van der Waals surface area (Å²) in [6, 6.07) is 20.8. The fraction of sp³-hybridized carbons (Fsp3) is 0.0800. The van der Waals surface area contributed by atoms with Crippen LogP contribution >= 0.6 is 35.0 Å². The largest absolute Gasteiger partial charge is 0.321 e. The first kappa shape index (κ1) is 23.8. The molecular formula is C25H16Cl2FN3O2S. The van der Waals surface area contributed by atoms with Crippen molar-refractivity contribution < 1.29 is 14.0 Å². The van der Waals surface area contributed by atoms with E-state index in [4.69, 9.17) is 23.2 Å². The van der Waals surface area contributed by atoms with Crippen molar-refractivity contribution >= 4 is 58.2 Å². The summed E-state index contributed by atoms with van der Waals surface area (Å²) in [5.41, 5.74) is 1.42. The zero-order valence-corrected chi connectivity index (χ0v) is 19.8. The highest BCUT2D eigenvalue weighted by Crippen LogP contribution is 2.42. The van der Waals surface area contributed by atoms with E-state index in [1.54, 1.807) is 42.5 Å². The average molecular weight is 512 g/mol. The molecule has 9 heteroatoms. The maximum atomic E-state index is 13.5. The van der Waals surface area contributed by atoms with Gasteiger partial charge in [-0.2, -0.15) is 5.26 Å². The summed E-state index contributed by atoms with van der Waals surface area (Å²) in [6.45, 7) is 0. The van der Waals surface area contributed by atoms with E-state index in [-0.39, 0.29) is 16.5 Å². The summed E-state index contributed by atoms with van der Waals surface area (Å²) in [4.78, 5) is 27.8. The molecule has 1 heterocycles. The molecular weight excluding hydrogens is 496 g/mol. The third-order valence-electron chi connectivity index (χ3n) is 5.00. The van der Waals surface area contributed by atoms with Gasteiger partial charge >= 0.3 is 0 Å². The third kappa shape index (κ3) is 5.26. The van der Waals surface area contributed by atoms with E-state index >= 15 is 0 Å². The number of hydrogen-bond donors (Lipinski definition) is 1. The lowest BCUT2D eigenvalue weighted by Gasteiger charge is -2.19. The third-order valence-corrected chi connectivity index (χ3v) is 6.75. The molecule has 170 valence electrons. The highest BCUT2D eigenvalue weighted by Gasteiger charge is 2.40. The van der Waals surface area contributed by atoms with Crippen molar-refractivity contribution in [2.24, 2.45) is 0 Å². The summed E-state index contributed by atoms with van der Waals surface area (Å²) in [5, 5.41) is 13.1. The van der Waals surface area contributed by atoms with Crippen LogP contribution in [0.15, 0.2) is 83.4 Å². The van der Waals surface area contributed by atoms with E-state index in [1.165, 1.54) is 29.2 Å². The van der Waals surface area contributed by atoms with Crippen LogP contribution in [0.25, 0.3) is 0 Å². The Morgan fingerprint density at radius 3 is 2.41 bits per heavy atom. The molecule has 0 spiro atoms. The van der Waals surface area contributed by atoms with Gasteiger partial charge in [0.25, 0.3) is 5.91 Å². The lowest BCUT2D eigenvalue weighted by molar-refractivity contribution is -0.117. The van der Waals surface area contributed by atoms with Gasteiger partial charge in [-0.3, -0.25) is 14.5 Å². The molecule has 4 rings (SSSR count). The van der Waals surface area contributed by atoms with Gasteiger partial charge in [-0.15, -0.1) is 0 Å². The van der Waals surface area contributed by atoms with E-state index in [9.17, 15) is 19.2 Å². The number of halogens is 3. The number of benzene rings is 3. The maximum absolute atomic E-state index is 13.5. The van der Waals surface area contributed by atoms with Crippen LogP contribution in [0.5, 0.6) is 0 Å². The summed E-state index contributed by atoms with van der Waals surface area (Å²) < 4.78 is 13.2. The Labute approximate surface area is 209 Å². The summed E-state index contributed by atoms with van der Waals surface area (Å²) in [7, 11) is 0. The molecule has 1 aliphatic heterocycles. The highest BCUT2D eigenvalue weighted by molar-refractivity contribution is 8.05. The average Bonchev–Trinajstić information content (AvgIpc) is 3.12. The molecule has 3 aromatic rings. The molecule has 0 aromatic heterocycles. The number of thioether (sulfide) groups is 1. The Kier molecular flexibility index (Phi) is 7.23. The number of anilines is 2. The molecule has 0 aliphatic carbocycles. The molecule has 3 aromatic carbocycles. The highest BCUT2D eigenvalue weighted by atomic mass is 35.5. The van der Waals surface area contributed by atoms with Crippen molar-refractivity contribution in [2.45, 2.75) is 11.7 Å². The minimum absolute atomic E-state index is 0.210. The first-order valence-corrected chi connectivity index (χ1v) is 11.7. The number of carbonyl (C=O) groups is 2. The summed E-state index contributed by atoms with van der Waals surface area (Å²) in [6.07, 6.45) is 0.357. The van der Waals surface area contributed by atoms with Gasteiger partial charge in [0.1, 0.15) is 22.5 Å². The second-order valence-electron chi connectivity index (χ2n) is 7.34. The van der Waals surface area contributed by atoms with Crippen LogP contribution in [-0.4, -0.2) is 17.1 Å². The first-order chi connectivity index (χ1) is 16.4. The number of nitriles is 1. The molecule has 0 radical (unpaired) electrons. The SMILES string of the molecule is N#C/C(C(=O)Nc1ccc(F)cc1)=C1\SC(Cc2cccc(Cl)c2)C(=O)N1c1ccc(Cl)cc1. The summed E-state index contributed by atoms with van der Waals surface area (Å²) in [5.74, 6) is -1.43. The molecule has 1 unspecified atom stereocenters. The minimum Gasteiger partial charge on any atom is -0.321 e. The minimum atomic E-state index is -0.702. The maximum Gasteiger partial charge on any atom is 0.269 e. The molecule has 1 saturated heterocycles. The number of hydrogen-bond acceptors (Lipinski definition) is 4. The first-order valence-electron chi connectivity index (χ1n) is 10.1. The lowest BCUT2D eigenvalue weighted by Crippen LogP contribution is -2.30. The van der Waals surface area contributed by atoms with Crippen molar-refractivity contribution in [2.75, 3.05) is 10.2 Å². The van der Waals surface area contributed by atoms with Crippen LogP contribution < -0.4 is 10.2 Å². The number of rotatable bonds is 5. The number of nitrogens with one attached hydrogen (secondary N) is 1. The molecule has 0 bridgehead atoms. The normalized spacial score (nSPS) is 16.8. The molecule has 0 saturated carbocycles. The van der Waals surface area contributed by atoms with E-state index in [0.717, 1.165) is 17.3 Å². The van der Waals surface area contributed by atoms with Gasteiger partial charge in [-0.05, 0) is 72.6 Å². The smallest absolute Gasteiger partial charge is 0.269 e. The van der Waals surface area contributed by atoms with E-state index < -0.39 is 17.0 Å². The second-order valence-corrected chi connectivity index (χ2v) is 9.41. The molecule has 1 atom stereocenters. The van der Waals surface area contributed by atoms with Gasteiger partial charge in [-0.1, -0.05) is 47.1 Å². The molecule has 1 aliphatic rings. The Hall–Kier alpha value is -3.31. The standard InChI is InChI=1S/C25H16Cl2FN3O2S/c26-16-4-10-20(11-5-16)31-24(33)22(13-15-2-1-3-17(27)12-15)34-25(31)21(14-29)23(32)30-19-8-6-18(28)7-9-19/h1-12,22H,13H2,(H,30,32)/b25-21+. The molecule has 1 fully saturated rings. The van der Waals surface area contributed by atoms with E-state index in [0.29, 0.717) is 27.8 Å². The lowest BCUT2D eigenvalue weighted by atomic mass is 10.1. The number of nitrogens with zero attached hydrogens (tertiary/aromatic N) is 2. The van der Waals surface area contributed by atoms with Crippen LogP contribution in [0.4, 0.5) is 15.8 Å². The van der Waals surface area contributed by atoms with Crippen molar-refractivity contribution in [3.63, 3.8) is 0 Å². The quantitative estimate of drug-likeness (QED) is 0.327. The molecule has 2 amide bonds. The Balaban J connectivity index is 1.72. The fourth-order valence-electron chi connectivity index (χ4n) is 3.42. The molecule has 34 heavy (non-hydrogen) atoms. The monoisotopic (exact) mass is 511 g/mol. The van der Waals surface area contributed by atoms with Crippen molar-refractivity contribution in [3.05, 3.63) is 105 Å².